The third kappa shape index (κ3) is 1.91. The van der Waals surface area contributed by atoms with E-state index >= 15 is 0 Å². The number of carbonyl (C=O) groups excluding carboxylic acids is 1. The van der Waals surface area contributed by atoms with Crippen molar-refractivity contribution >= 4 is 5.97 Å². The molecule has 1 heterocycles. The molecule has 1 aliphatic heterocycles. The smallest absolute Gasteiger partial charge is 0.339 e. The number of fused-ring (bicyclic) bond motifs is 1. The number of ether oxygens (including phenoxy) is 1. The molecule has 2 heteroatoms. The van der Waals surface area contributed by atoms with Crippen LogP contribution in [-0.2, 0) is 4.74 Å². The highest BCUT2D eigenvalue weighted by Gasteiger charge is 2.30. The number of esters is 1. The topological polar surface area (TPSA) is 26.3 Å². The van der Waals surface area contributed by atoms with Gasteiger partial charge in [0.05, 0.1) is 5.56 Å². The average Bonchev–Trinajstić information content (AvgIpc) is 2.69. The molecule has 0 N–H and O–H groups in total. The molecular formula is C15H14O2. The third-order valence-electron chi connectivity index (χ3n) is 3.27. The van der Waals surface area contributed by atoms with Crippen LogP contribution in [0, 0.1) is 0 Å². The first-order valence-electron chi connectivity index (χ1n) is 6.00. The summed E-state index contributed by atoms with van der Waals surface area (Å²) in [5.74, 6) is -0.189. The average molecular weight is 226 g/mol. The maximum Gasteiger partial charge on any atom is 0.339 e. The van der Waals surface area contributed by atoms with Gasteiger partial charge in [-0.15, -0.1) is 0 Å². The monoisotopic (exact) mass is 226 g/mol. The van der Waals surface area contributed by atoms with Crippen LogP contribution in [0.3, 0.4) is 0 Å². The molecule has 3 rings (SSSR count). The molecule has 0 spiro atoms. The summed E-state index contributed by atoms with van der Waals surface area (Å²) in [6, 6.07) is 7.65. The van der Waals surface area contributed by atoms with Crippen LogP contribution < -0.4 is 0 Å². The standard InChI is InChI=1S/C15H14O2/c16-15-13-9-5-4-8-12(13)14(17-15)10-11-6-2-1-3-7-11/h2,4-9,14H,1,3,10H2. The summed E-state index contributed by atoms with van der Waals surface area (Å²) in [6.07, 6.45) is 9.44. The Morgan fingerprint density at radius 1 is 1.24 bits per heavy atom. The Kier molecular flexibility index (Phi) is 2.56. The second-order valence-corrected chi connectivity index (χ2v) is 4.44. The molecule has 0 saturated heterocycles. The number of rotatable bonds is 2. The molecule has 0 bridgehead atoms. The second kappa shape index (κ2) is 4.21. The predicted molar refractivity (Wildman–Crippen MR) is 65.7 cm³/mol. The van der Waals surface area contributed by atoms with Crippen LogP contribution in [0.2, 0.25) is 0 Å². The highest BCUT2D eigenvalue weighted by Crippen LogP contribution is 2.35. The van der Waals surface area contributed by atoms with Gasteiger partial charge in [0.25, 0.3) is 0 Å². The van der Waals surface area contributed by atoms with E-state index in [1.54, 1.807) is 0 Å². The molecule has 1 unspecified atom stereocenters. The van der Waals surface area contributed by atoms with Crippen molar-refractivity contribution in [1.29, 1.82) is 0 Å². The van der Waals surface area contributed by atoms with Gasteiger partial charge in [0.2, 0.25) is 0 Å². The summed E-state index contributed by atoms with van der Waals surface area (Å²) in [6.45, 7) is 0. The van der Waals surface area contributed by atoms with Gasteiger partial charge in [0, 0.05) is 12.0 Å². The zero-order valence-electron chi connectivity index (χ0n) is 9.56. The number of hydrogen-bond donors (Lipinski definition) is 0. The normalized spacial score (nSPS) is 22.0. The van der Waals surface area contributed by atoms with Crippen molar-refractivity contribution in [3.05, 3.63) is 59.2 Å². The Morgan fingerprint density at radius 3 is 2.94 bits per heavy atom. The lowest BCUT2D eigenvalue weighted by Crippen LogP contribution is -2.00. The molecular weight excluding hydrogens is 212 g/mol. The zero-order chi connectivity index (χ0) is 11.7. The number of benzene rings is 1. The van der Waals surface area contributed by atoms with Gasteiger partial charge >= 0.3 is 5.97 Å². The van der Waals surface area contributed by atoms with Crippen LogP contribution in [0.5, 0.6) is 0 Å². The molecule has 1 aromatic rings. The summed E-state index contributed by atoms with van der Waals surface area (Å²) >= 11 is 0. The fraction of sp³-hybridized carbons (Fsp3) is 0.267. The van der Waals surface area contributed by atoms with Crippen LogP contribution in [-0.4, -0.2) is 5.97 Å². The fourth-order valence-corrected chi connectivity index (χ4v) is 2.40. The minimum Gasteiger partial charge on any atom is -0.454 e. The van der Waals surface area contributed by atoms with E-state index in [4.69, 9.17) is 4.74 Å². The molecule has 17 heavy (non-hydrogen) atoms. The SMILES string of the molecule is O=C1OC(CC2=CCCC=C2)c2ccccc21. The van der Waals surface area contributed by atoms with E-state index in [1.807, 2.05) is 24.3 Å². The quantitative estimate of drug-likeness (QED) is 0.721. The Bertz CT molecular complexity index is 511. The Balaban J connectivity index is 1.84. The highest BCUT2D eigenvalue weighted by atomic mass is 16.5. The van der Waals surface area contributed by atoms with E-state index in [2.05, 4.69) is 18.2 Å². The van der Waals surface area contributed by atoms with Crippen molar-refractivity contribution in [2.75, 3.05) is 0 Å². The number of hydrogen-bond acceptors (Lipinski definition) is 2. The Morgan fingerprint density at radius 2 is 2.12 bits per heavy atom. The Hall–Kier alpha value is -1.83. The van der Waals surface area contributed by atoms with Gasteiger partial charge in [-0.2, -0.15) is 0 Å². The number of allylic oxidation sites excluding steroid dienone is 3. The van der Waals surface area contributed by atoms with Gasteiger partial charge in [-0.3, -0.25) is 0 Å². The van der Waals surface area contributed by atoms with E-state index in [0.29, 0.717) is 0 Å². The Labute approximate surface area is 101 Å². The van der Waals surface area contributed by atoms with E-state index in [-0.39, 0.29) is 12.1 Å². The molecule has 0 radical (unpaired) electrons. The first kappa shape index (κ1) is 10.3. The van der Waals surface area contributed by atoms with E-state index < -0.39 is 0 Å². The van der Waals surface area contributed by atoms with Gasteiger partial charge in [-0.1, -0.05) is 36.4 Å². The summed E-state index contributed by atoms with van der Waals surface area (Å²) in [7, 11) is 0. The minimum absolute atomic E-state index is 0.104. The molecule has 1 aromatic carbocycles. The van der Waals surface area contributed by atoms with Gasteiger partial charge in [0.15, 0.2) is 0 Å². The molecule has 1 aliphatic carbocycles. The van der Waals surface area contributed by atoms with Crippen molar-refractivity contribution in [3.63, 3.8) is 0 Å². The lowest BCUT2D eigenvalue weighted by molar-refractivity contribution is 0.0388. The molecule has 86 valence electrons. The summed E-state index contributed by atoms with van der Waals surface area (Å²) in [5, 5.41) is 0. The molecule has 0 aromatic heterocycles. The minimum atomic E-state index is -0.189. The van der Waals surface area contributed by atoms with Gasteiger partial charge in [-0.05, 0) is 24.5 Å². The number of carbonyl (C=O) groups is 1. The lowest BCUT2D eigenvalue weighted by atomic mass is 9.96. The van der Waals surface area contributed by atoms with Gasteiger partial charge in [0.1, 0.15) is 6.10 Å². The molecule has 2 aliphatic rings. The fourth-order valence-electron chi connectivity index (χ4n) is 2.40. The van der Waals surface area contributed by atoms with Crippen LogP contribution >= 0.6 is 0 Å². The molecule has 2 nitrogen and oxygen atoms in total. The van der Waals surface area contributed by atoms with Gasteiger partial charge < -0.3 is 4.74 Å². The van der Waals surface area contributed by atoms with Crippen molar-refractivity contribution in [1.82, 2.24) is 0 Å². The van der Waals surface area contributed by atoms with Gasteiger partial charge in [-0.25, -0.2) is 4.79 Å². The van der Waals surface area contributed by atoms with Crippen LogP contribution in [0.15, 0.2) is 48.1 Å². The van der Waals surface area contributed by atoms with Crippen molar-refractivity contribution in [2.45, 2.75) is 25.4 Å². The second-order valence-electron chi connectivity index (χ2n) is 4.44. The van der Waals surface area contributed by atoms with E-state index in [1.165, 1.54) is 5.57 Å². The zero-order valence-corrected chi connectivity index (χ0v) is 9.56. The van der Waals surface area contributed by atoms with Crippen molar-refractivity contribution < 1.29 is 9.53 Å². The predicted octanol–water partition coefficient (Wildman–Crippen LogP) is 3.56. The van der Waals surface area contributed by atoms with Crippen molar-refractivity contribution in [2.24, 2.45) is 0 Å². The molecule has 0 amide bonds. The first-order chi connectivity index (χ1) is 8.34. The van der Waals surface area contributed by atoms with Crippen LogP contribution in [0.1, 0.15) is 41.3 Å². The largest absolute Gasteiger partial charge is 0.454 e. The lowest BCUT2D eigenvalue weighted by Gasteiger charge is -2.13. The maximum atomic E-state index is 11.7. The first-order valence-corrected chi connectivity index (χ1v) is 6.00. The van der Waals surface area contributed by atoms with Crippen LogP contribution in [0.4, 0.5) is 0 Å². The maximum absolute atomic E-state index is 11.7. The molecule has 1 atom stereocenters. The van der Waals surface area contributed by atoms with Crippen molar-refractivity contribution in [3.8, 4) is 0 Å². The number of cyclic esters (lactones) is 1. The van der Waals surface area contributed by atoms with Crippen LogP contribution in [0.25, 0.3) is 0 Å². The van der Waals surface area contributed by atoms with E-state index in [9.17, 15) is 4.79 Å². The third-order valence-corrected chi connectivity index (χ3v) is 3.27. The summed E-state index contributed by atoms with van der Waals surface area (Å²) in [5.41, 5.74) is 3.01. The molecule has 0 fully saturated rings. The van der Waals surface area contributed by atoms with E-state index in [0.717, 1.165) is 30.4 Å². The molecule has 0 saturated carbocycles. The summed E-state index contributed by atoms with van der Waals surface area (Å²) < 4.78 is 5.42. The highest BCUT2D eigenvalue weighted by molar-refractivity contribution is 5.94. The summed E-state index contributed by atoms with van der Waals surface area (Å²) in [4.78, 5) is 11.7.